The third-order valence-corrected chi connectivity index (χ3v) is 4.57. The molecule has 1 aromatic carbocycles. The quantitative estimate of drug-likeness (QED) is 0.733. The lowest BCUT2D eigenvalue weighted by Gasteiger charge is -2.08. The van der Waals surface area contributed by atoms with Crippen LogP contribution in [0.2, 0.25) is 0 Å². The van der Waals surface area contributed by atoms with Crippen molar-refractivity contribution in [3.05, 3.63) is 63.2 Å². The molecule has 1 amide bonds. The SMILES string of the molecule is Cc1[nH]c2ccc(F)cc2c1CCNC(=O)Cc1ncn(C)c(=O)c1C. The van der Waals surface area contributed by atoms with Crippen LogP contribution in [0.25, 0.3) is 10.9 Å². The highest BCUT2D eigenvalue weighted by Crippen LogP contribution is 2.23. The Kier molecular flexibility index (Phi) is 4.88. The van der Waals surface area contributed by atoms with Crippen LogP contribution in [0.4, 0.5) is 4.39 Å². The molecule has 0 aliphatic heterocycles. The van der Waals surface area contributed by atoms with Crippen molar-refractivity contribution in [2.45, 2.75) is 26.7 Å². The predicted molar refractivity (Wildman–Crippen MR) is 97.6 cm³/mol. The van der Waals surface area contributed by atoms with Crippen LogP contribution in [0.15, 0.2) is 29.3 Å². The van der Waals surface area contributed by atoms with Crippen molar-refractivity contribution in [2.24, 2.45) is 7.05 Å². The molecule has 0 atom stereocenters. The normalized spacial score (nSPS) is 11.1. The number of amides is 1. The third-order valence-electron chi connectivity index (χ3n) is 4.57. The topological polar surface area (TPSA) is 79.8 Å². The molecule has 7 heteroatoms. The van der Waals surface area contributed by atoms with E-state index in [4.69, 9.17) is 0 Å². The molecule has 2 N–H and O–H groups in total. The molecule has 2 aromatic heterocycles. The van der Waals surface area contributed by atoms with Gasteiger partial charge in [-0.05, 0) is 44.0 Å². The molecule has 0 saturated carbocycles. The molecule has 136 valence electrons. The molecule has 0 saturated heterocycles. The molecule has 6 nitrogen and oxygen atoms in total. The first-order valence-electron chi connectivity index (χ1n) is 8.41. The first kappa shape index (κ1) is 17.8. The van der Waals surface area contributed by atoms with Gasteiger partial charge in [-0.3, -0.25) is 9.59 Å². The summed E-state index contributed by atoms with van der Waals surface area (Å²) in [5.74, 6) is -0.480. The summed E-state index contributed by atoms with van der Waals surface area (Å²) in [6.07, 6.45) is 2.06. The Bertz CT molecular complexity index is 1040. The Balaban J connectivity index is 1.64. The van der Waals surface area contributed by atoms with Gasteiger partial charge in [-0.15, -0.1) is 0 Å². The Morgan fingerprint density at radius 3 is 2.88 bits per heavy atom. The fraction of sp³-hybridized carbons (Fsp3) is 0.316. The molecule has 26 heavy (non-hydrogen) atoms. The summed E-state index contributed by atoms with van der Waals surface area (Å²) in [7, 11) is 1.62. The maximum absolute atomic E-state index is 13.5. The zero-order chi connectivity index (χ0) is 18.8. The lowest BCUT2D eigenvalue weighted by Crippen LogP contribution is -2.30. The highest BCUT2D eigenvalue weighted by Gasteiger charge is 2.12. The molecule has 0 bridgehead atoms. The van der Waals surface area contributed by atoms with Crippen LogP contribution in [-0.2, 0) is 24.7 Å². The van der Waals surface area contributed by atoms with Crippen molar-refractivity contribution in [1.29, 1.82) is 0 Å². The zero-order valence-electron chi connectivity index (χ0n) is 15.0. The predicted octanol–water partition coefficient (Wildman–Crippen LogP) is 1.92. The summed E-state index contributed by atoms with van der Waals surface area (Å²) in [6.45, 7) is 4.02. The summed E-state index contributed by atoms with van der Waals surface area (Å²) in [6, 6.07) is 4.64. The molecule has 0 unspecified atom stereocenters. The van der Waals surface area contributed by atoms with E-state index in [-0.39, 0.29) is 23.7 Å². The number of halogens is 1. The second kappa shape index (κ2) is 7.11. The van der Waals surface area contributed by atoms with Crippen molar-refractivity contribution < 1.29 is 9.18 Å². The van der Waals surface area contributed by atoms with Gasteiger partial charge in [-0.1, -0.05) is 0 Å². The van der Waals surface area contributed by atoms with Gasteiger partial charge in [-0.2, -0.15) is 0 Å². The Hall–Kier alpha value is -2.96. The Morgan fingerprint density at radius 2 is 2.12 bits per heavy atom. The number of nitrogens with zero attached hydrogens (tertiary/aromatic N) is 2. The number of hydrogen-bond acceptors (Lipinski definition) is 3. The van der Waals surface area contributed by atoms with E-state index >= 15 is 0 Å². The molecular formula is C19H21FN4O2. The summed E-state index contributed by atoms with van der Waals surface area (Å²) in [5.41, 5.74) is 3.64. The number of aryl methyl sites for hydroxylation is 2. The maximum Gasteiger partial charge on any atom is 0.256 e. The molecule has 0 spiro atoms. The van der Waals surface area contributed by atoms with Crippen LogP contribution < -0.4 is 10.9 Å². The number of aromatic nitrogens is 3. The average molecular weight is 356 g/mol. The first-order chi connectivity index (χ1) is 12.4. The van der Waals surface area contributed by atoms with Crippen molar-refractivity contribution >= 4 is 16.8 Å². The van der Waals surface area contributed by atoms with Crippen molar-refractivity contribution in [3.63, 3.8) is 0 Å². The number of carbonyl (C=O) groups is 1. The minimum Gasteiger partial charge on any atom is -0.358 e. The molecule has 2 heterocycles. The third kappa shape index (κ3) is 3.51. The lowest BCUT2D eigenvalue weighted by atomic mass is 10.1. The van der Waals surface area contributed by atoms with Crippen LogP contribution in [0.1, 0.15) is 22.5 Å². The highest BCUT2D eigenvalue weighted by molar-refractivity contribution is 5.85. The second-order valence-corrected chi connectivity index (χ2v) is 6.43. The van der Waals surface area contributed by atoms with Gasteiger partial charge < -0.3 is 14.9 Å². The summed E-state index contributed by atoms with van der Waals surface area (Å²) >= 11 is 0. The van der Waals surface area contributed by atoms with Crippen LogP contribution in [0, 0.1) is 19.7 Å². The summed E-state index contributed by atoms with van der Waals surface area (Å²) in [4.78, 5) is 31.4. The van der Waals surface area contributed by atoms with Gasteiger partial charge >= 0.3 is 0 Å². The minimum absolute atomic E-state index is 0.0589. The van der Waals surface area contributed by atoms with Gasteiger partial charge in [0.15, 0.2) is 0 Å². The van der Waals surface area contributed by atoms with E-state index in [0.717, 1.165) is 22.2 Å². The number of hydrogen-bond donors (Lipinski definition) is 2. The molecule has 0 aliphatic carbocycles. The van der Waals surface area contributed by atoms with Crippen molar-refractivity contribution in [1.82, 2.24) is 19.9 Å². The van der Waals surface area contributed by atoms with E-state index in [2.05, 4.69) is 15.3 Å². The number of carbonyl (C=O) groups excluding carboxylic acids is 1. The molecule has 0 aliphatic rings. The van der Waals surface area contributed by atoms with Gasteiger partial charge in [-0.25, -0.2) is 9.37 Å². The number of H-pyrrole nitrogens is 1. The van der Waals surface area contributed by atoms with Crippen LogP contribution >= 0.6 is 0 Å². The molecule has 0 fully saturated rings. The van der Waals surface area contributed by atoms with Crippen LogP contribution in [-0.4, -0.2) is 27.0 Å². The van der Waals surface area contributed by atoms with Gasteiger partial charge in [0.2, 0.25) is 5.91 Å². The fourth-order valence-corrected chi connectivity index (χ4v) is 3.09. The lowest BCUT2D eigenvalue weighted by molar-refractivity contribution is -0.120. The van der Waals surface area contributed by atoms with E-state index in [1.165, 1.54) is 23.0 Å². The number of rotatable bonds is 5. The van der Waals surface area contributed by atoms with Crippen LogP contribution in [0.5, 0.6) is 0 Å². The van der Waals surface area contributed by atoms with Gasteiger partial charge in [0, 0.05) is 35.8 Å². The molecule has 3 rings (SSSR count). The first-order valence-corrected chi connectivity index (χ1v) is 8.41. The van der Waals surface area contributed by atoms with E-state index in [9.17, 15) is 14.0 Å². The standard InChI is InChI=1S/C19H21FN4O2/c1-11-17(22-10-24(3)19(11)26)9-18(25)21-7-6-14-12(2)23-16-5-4-13(20)8-15(14)16/h4-5,8,10,23H,6-7,9H2,1-3H3,(H,21,25). The number of fused-ring (bicyclic) bond motifs is 1. The smallest absolute Gasteiger partial charge is 0.256 e. The fourth-order valence-electron chi connectivity index (χ4n) is 3.09. The summed E-state index contributed by atoms with van der Waals surface area (Å²) in [5, 5.41) is 3.68. The second-order valence-electron chi connectivity index (χ2n) is 6.43. The van der Waals surface area contributed by atoms with Crippen molar-refractivity contribution in [2.75, 3.05) is 6.54 Å². The number of nitrogens with one attached hydrogen (secondary N) is 2. The Morgan fingerprint density at radius 1 is 1.35 bits per heavy atom. The van der Waals surface area contributed by atoms with E-state index in [1.807, 2.05) is 6.92 Å². The minimum atomic E-state index is -0.283. The number of aromatic amines is 1. The van der Waals surface area contributed by atoms with E-state index in [0.29, 0.717) is 24.2 Å². The summed E-state index contributed by atoms with van der Waals surface area (Å²) < 4.78 is 14.9. The zero-order valence-corrected chi connectivity index (χ0v) is 15.0. The van der Waals surface area contributed by atoms with Crippen molar-refractivity contribution in [3.8, 4) is 0 Å². The van der Waals surface area contributed by atoms with Crippen LogP contribution in [0.3, 0.4) is 0 Å². The molecule has 3 aromatic rings. The van der Waals surface area contributed by atoms with Gasteiger partial charge in [0.05, 0.1) is 18.4 Å². The average Bonchev–Trinajstić information content (AvgIpc) is 2.91. The van der Waals surface area contributed by atoms with E-state index in [1.54, 1.807) is 20.0 Å². The molecule has 0 radical (unpaired) electrons. The van der Waals surface area contributed by atoms with Gasteiger partial charge in [0.25, 0.3) is 5.56 Å². The van der Waals surface area contributed by atoms with E-state index < -0.39 is 0 Å². The number of benzene rings is 1. The monoisotopic (exact) mass is 356 g/mol. The largest absolute Gasteiger partial charge is 0.358 e. The molecular weight excluding hydrogens is 335 g/mol. The maximum atomic E-state index is 13.5. The Labute approximate surface area is 150 Å². The highest BCUT2D eigenvalue weighted by atomic mass is 19.1. The van der Waals surface area contributed by atoms with Gasteiger partial charge in [0.1, 0.15) is 5.82 Å².